The van der Waals surface area contributed by atoms with Crippen molar-refractivity contribution < 1.29 is 9.15 Å². The van der Waals surface area contributed by atoms with Crippen LogP contribution in [0.15, 0.2) is 63.5 Å². The lowest BCUT2D eigenvalue weighted by Gasteiger charge is -2.13. The smallest absolute Gasteiger partial charge is 0.236 e. The predicted molar refractivity (Wildman–Crippen MR) is 98.2 cm³/mol. The van der Waals surface area contributed by atoms with Crippen LogP contribution in [0.5, 0.6) is 5.75 Å². The van der Waals surface area contributed by atoms with Gasteiger partial charge in [0.1, 0.15) is 11.8 Å². The van der Waals surface area contributed by atoms with Crippen LogP contribution >= 0.6 is 15.9 Å². The van der Waals surface area contributed by atoms with Crippen molar-refractivity contribution in [3.05, 3.63) is 76.2 Å². The molecule has 126 valence electrons. The van der Waals surface area contributed by atoms with E-state index in [0.717, 1.165) is 10.0 Å². The molecule has 0 bridgehead atoms. The Balaban J connectivity index is 1.69. The Morgan fingerprint density at radius 1 is 1.20 bits per heavy atom. The number of anilines is 1. The van der Waals surface area contributed by atoms with E-state index < -0.39 is 0 Å². The van der Waals surface area contributed by atoms with Crippen LogP contribution in [-0.4, -0.2) is 4.98 Å². The number of aromatic nitrogens is 1. The van der Waals surface area contributed by atoms with Crippen molar-refractivity contribution in [2.24, 2.45) is 0 Å². The Morgan fingerprint density at radius 3 is 2.60 bits per heavy atom. The third kappa shape index (κ3) is 4.40. The van der Waals surface area contributed by atoms with E-state index in [1.165, 1.54) is 0 Å². The molecule has 3 rings (SSSR count). The number of rotatable bonds is 6. The zero-order valence-corrected chi connectivity index (χ0v) is 15.2. The molecule has 0 radical (unpaired) electrons. The molecule has 0 unspecified atom stereocenters. The highest BCUT2D eigenvalue weighted by Gasteiger charge is 2.16. The van der Waals surface area contributed by atoms with Crippen molar-refractivity contribution in [3.8, 4) is 11.8 Å². The predicted octanol–water partition coefficient (Wildman–Crippen LogP) is 5.06. The zero-order chi connectivity index (χ0) is 17.6. The van der Waals surface area contributed by atoms with Crippen molar-refractivity contribution in [1.29, 1.82) is 5.26 Å². The summed E-state index contributed by atoms with van der Waals surface area (Å²) in [6, 6.07) is 19.4. The first-order valence-corrected chi connectivity index (χ1v) is 8.54. The van der Waals surface area contributed by atoms with E-state index in [-0.39, 0.29) is 18.3 Å². The van der Waals surface area contributed by atoms with Gasteiger partial charge >= 0.3 is 0 Å². The van der Waals surface area contributed by atoms with Crippen LogP contribution in [0.1, 0.15) is 30.1 Å². The van der Waals surface area contributed by atoms with Gasteiger partial charge in [0.15, 0.2) is 6.61 Å². The molecule has 1 heterocycles. The molecule has 0 saturated carbocycles. The summed E-state index contributed by atoms with van der Waals surface area (Å²) in [5.74, 6) is 1.41. The molecule has 1 atom stereocenters. The maximum absolute atomic E-state index is 9.27. The lowest BCUT2D eigenvalue weighted by molar-refractivity contribution is 0.264. The molecule has 5 nitrogen and oxygen atoms in total. The summed E-state index contributed by atoms with van der Waals surface area (Å²) in [4.78, 5) is 4.18. The highest BCUT2D eigenvalue weighted by atomic mass is 79.9. The largest absolute Gasteiger partial charge is 0.484 e. The minimum atomic E-state index is -0.0125. The van der Waals surface area contributed by atoms with Crippen molar-refractivity contribution in [2.75, 3.05) is 5.32 Å². The van der Waals surface area contributed by atoms with E-state index in [0.29, 0.717) is 17.5 Å². The molecule has 0 spiro atoms. The Kier molecular flexibility index (Phi) is 5.36. The van der Waals surface area contributed by atoms with Crippen molar-refractivity contribution in [2.45, 2.75) is 19.6 Å². The molecule has 25 heavy (non-hydrogen) atoms. The summed E-state index contributed by atoms with van der Waals surface area (Å²) >= 11 is 3.38. The molecule has 0 saturated heterocycles. The van der Waals surface area contributed by atoms with Crippen LogP contribution < -0.4 is 10.1 Å². The second-order valence-electron chi connectivity index (χ2n) is 5.42. The van der Waals surface area contributed by atoms with Gasteiger partial charge in [-0.05, 0) is 36.8 Å². The molecule has 2 aromatic carbocycles. The quantitative estimate of drug-likeness (QED) is 0.629. The first-order chi connectivity index (χ1) is 12.2. The lowest BCUT2D eigenvalue weighted by Crippen LogP contribution is -2.06. The summed E-state index contributed by atoms with van der Waals surface area (Å²) in [5.41, 5.74) is 1.31. The van der Waals surface area contributed by atoms with Crippen LogP contribution in [0, 0.1) is 11.3 Å². The molecule has 0 fully saturated rings. The summed E-state index contributed by atoms with van der Waals surface area (Å²) in [6.07, 6.45) is 0. The van der Waals surface area contributed by atoms with Gasteiger partial charge in [-0.2, -0.15) is 10.2 Å². The van der Waals surface area contributed by atoms with Gasteiger partial charge in [0.25, 0.3) is 0 Å². The minimum Gasteiger partial charge on any atom is -0.484 e. The number of nitrogens with zero attached hydrogens (tertiary/aromatic N) is 2. The fourth-order valence-electron chi connectivity index (χ4n) is 2.30. The average molecular weight is 398 g/mol. The molecule has 0 aliphatic carbocycles. The zero-order valence-electron chi connectivity index (χ0n) is 13.6. The third-order valence-corrected chi connectivity index (χ3v) is 4.13. The van der Waals surface area contributed by atoms with Crippen LogP contribution in [0.3, 0.4) is 0 Å². The summed E-state index contributed by atoms with van der Waals surface area (Å²) in [6.45, 7) is 2.15. The van der Waals surface area contributed by atoms with E-state index in [2.05, 4.69) is 26.2 Å². The number of halogens is 1. The number of hydrogen-bond acceptors (Lipinski definition) is 5. The summed E-state index contributed by atoms with van der Waals surface area (Å²) < 4.78 is 12.3. The van der Waals surface area contributed by atoms with Crippen LogP contribution in [-0.2, 0) is 6.61 Å². The topological polar surface area (TPSA) is 71.1 Å². The minimum absolute atomic E-state index is 0.0125. The standard InChI is InChI=1S/C19H16BrN3O2/c1-13(14-5-3-2-4-6-14)22-19-17(11-21)23-18(25-19)12-24-16-9-7-15(20)8-10-16/h2-10,13,22H,12H2,1H3/t13-/m0/s1. The molecule has 1 N–H and O–H groups in total. The second kappa shape index (κ2) is 7.86. The summed E-state index contributed by atoms with van der Waals surface area (Å²) in [7, 11) is 0. The van der Waals surface area contributed by atoms with Crippen LogP contribution in [0.25, 0.3) is 0 Å². The lowest BCUT2D eigenvalue weighted by atomic mass is 10.1. The Hall–Kier alpha value is -2.78. The van der Waals surface area contributed by atoms with Crippen molar-refractivity contribution >= 4 is 21.8 Å². The SMILES string of the molecule is C[C@H](Nc1oc(COc2ccc(Br)cc2)nc1C#N)c1ccccc1. The molecule has 0 aliphatic rings. The third-order valence-electron chi connectivity index (χ3n) is 3.60. The van der Waals surface area contributed by atoms with E-state index in [1.54, 1.807) is 0 Å². The fraction of sp³-hybridized carbons (Fsp3) is 0.158. The summed E-state index contributed by atoms with van der Waals surface area (Å²) in [5, 5.41) is 12.5. The molecule has 0 aliphatic heterocycles. The number of oxazole rings is 1. The number of hydrogen-bond donors (Lipinski definition) is 1. The van der Waals surface area contributed by atoms with Gasteiger partial charge in [-0.3, -0.25) is 0 Å². The van der Waals surface area contributed by atoms with Gasteiger partial charge in [0, 0.05) is 4.47 Å². The normalized spacial score (nSPS) is 11.6. The number of nitriles is 1. The molecular weight excluding hydrogens is 382 g/mol. The maximum Gasteiger partial charge on any atom is 0.236 e. The first kappa shape index (κ1) is 17.1. The number of nitrogens with one attached hydrogen (secondary N) is 1. The van der Waals surface area contributed by atoms with E-state index in [4.69, 9.17) is 9.15 Å². The number of benzene rings is 2. The van der Waals surface area contributed by atoms with Crippen LogP contribution in [0.4, 0.5) is 5.88 Å². The van der Waals surface area contributed by atoms with Gasteiger partial charge in [0.2, 0.25) is 17.5 Å². The number of ether oxygens (including phenoxy) is 1. The van der Waals surface area contributed by atoms with E-state index >= 15 is 0 Å². The fourth-order valence-corrected chi connectivity index (χ4v) is 2.56. The van der Waals surface area contributed by atoms with E-state index in [1.807, 2.05) is 67.6 Å². The van der Waals surface area contributed by atoms with Crippen molar-refractivity contribution in [3.63, 3.8) is 0 Å². The molecule has 1 aromatic heterocycles. The van der Waals surface area contributed by atoms with Crippen molar-refractivity contribution in [1.82, 2.24) is 4.98 Å². The maximum atomic E-state index is 9.27. The average Bonchev–Trinajstić information content (AvgIpc) is 3.04. The van der Waals surface area contributed by atoms with E-state index in [9.17, 15) is 5.26 Å². The molecular formula is C19H16BrN3O2. The molecule has 0 amide bonds. The molecule has 6 heteroatoms. The van der Waals surface area contributed by atoms with Gasteiger partial charge in [-0.1, -0.05) is 46.3 Å². The van der Waals surface area contributed by atoms with Gasteiger partial charge in [-0.25, -0.2) is 0 Å². The highest BCUT2D eigenvalue weighted by Crippen LogP contribution is 2.24. The van der Waals surface area contributed by atoms with Gasteiger partial charge in [0.05, 0.1) is 6.04 Å². The van der Waals surface area contributed by atoms with Gasteiger partial charge < -0.3 is 14.5 Å². The molecule has 3 aromatic rings. The first-order valence-electron chi connectivity index (χ1n) is 7.75. The Labute approximate surface area is 154 Å². The highest BCUT2D eigenvalue weighted by molar-refractivity contribution is 9.10. The van der Waals surface area contributed by atoms with Gasteiger partial charge in [-0.15, -0.1) is 0 Å². The second-order valence-corrected chi connectivity index (χ2v) is 6.33. The Morgan fingerprint density at radius 2 is 1.92 bits per heavy atom. The Bertz CT molecular complexity index is 870. The van der Waals surface area contributed by atoms with Crippen LogP contribution in [0.2, 0.25) is 0 Å². The monoisotopic (exact) mass is 397 g/mol.